The maximum Gasteiger partial charge on any atom is 0.334 e. The summed E-state index contributed by atoms with van der Waals surface area (Å²) in [5, 5.41) is 25.9. The first-order valence-corrected chi connectivity index (χ1v) is 15.7. The van der Waals surface area contributed by atoms with Crippen molar-refractivity contribution in [1.82, 2.24) is 0 Å². The number of carbonyl (C=O) groups excluding carboxylic acids is 1. The molecule has 4 rings (SSSR count). The molecule has 0 aliphatic heterocycles. The van der Waals surface area contributed by atoms with Crippen LogP contribution in [-0.2, 0) is 15.3 Å². The molecular weight excluding hydrogens is 674 g/mol. The van der Waals surface area contributed by atoms with E-state index >= 15 is 0 Å². The fourth-order valence-electron chi connectivity index (χ4n) is 4.31. The van der Waals surface area contributed by atoms with Gasteiger partial charge >= 0.3 is 11.9 Å². The zero-order valence-electron chi connectivity index (χ0n) is 23.8. The van der Waals surface area contributed by atoms with Gasteiger partial charge in [-0.3, -0.25) is 4.79 Å². The largest absolute Gasteiger partial charge is 0.479 e. The Kier molecular flexibility index (Phi) is 12.5. The molecule has 0 amide bonds. The van der Waals surface area contributed by atoms with Crippen LogP contribution in [0.25, 0.3) is 0 Å². The highest BCUT2D eigenvalue weighted by Gasteiger charge is 2.30. The van der Waals surface area contributed by atoms with E-state index in [1.807, 2.05) is 6.26 Å². The van der Waals surface area contributed by atoms with Crippen LogP contribution < -0.4 is 10.6 Å². The summed E-state index contributed by atoms with van der Waals surface area (Å²) in [6, 6.07) is 10.9. The highest BCUT2D eigenvalue weighted by Crippen LogP contribution is 2.35. The number of Topliss-reactive ketones (excluding diaryl/α,β-unsaturated/α-hetero) is 1. The van der Waals surface area contributed by atoms with Gasteiger partial charge in [-0.15, -0.1) is 0 Å². The first-order chi connectivity index (χ1) is 20.7. The molecule has 4 aromatic rings. The zero-order valence-corrected chi connectivity index (χ0v) is 27.7. The van der Waals surface area contributed by atoms with Crippen LogP contribution in [0.3, 0.4) is 0 Å². The Labute approximate surface area is 277 Å². The molecule has 14 heteroatoms. The van der Waals surface area contributed by atoms with Crippen LogP contribution in [0, 0.1) is 13.8 Å². The number of anilines is 2. The van der Waals surface area contributed by atoms with Crippen molar-refractivity contribution < 1.29 is 33.4 Å². The Balaban J connectivity index is 0.000000241. The molecule has 0 fully saturated rings. The molecular formula is C30H28Cl4N2O7S. The predicted molar refractivity (Wildman–Crippen MR) is 175 cm³/mol. The van der Waals surface area contributed by atoms with Crippen LogP contribution in [0.2, 0.25) is 20.1 Å². The van der Waals surface area contributed by atoms with E-state index in [1.165, 1.54) is 6.92 Å². The maximum atomic E-state index is 11.7. The third-order valence-electron chi connectivity index (χ3n) is 6.15. The second-order valence-electron chi connectivity index (χ2n) is 9.41. The summed E-state index contributed by atoms with van der Waals surface area (Å²) in [5.41, 5.74) is 1.77. The topological polar surface area (TPSA) is 142 Å². The number of aliphatic carboxylic acids is 2. The van der Waals surface area contributed by atoms with Gasteiger partial charge in [-0.05, 0) is 69.5 Å². The van der Waals surface area contributed by atoms with Crippen molar-refractivity contribution >= 4 is 87.3 Å². The van der Waals surface area contributed by atoms with Gasteiger partial charge in [0.1, 0.15) is 23.0 Å². The SMILES string of the molecule is CC(=O)c1c(C)oc(C(Nc2cccc(Cl)c2Cl)C(=O)O)c1C.CSCc1ccc(C(Nc2cc(Cl)cc(Cl)c2)C(=O)O)o1. The summed E-state index contributed by atoms with van der Waals surface area (Å²) >= 11 is 25.4. The molecule has 0 aliphatic rings. The monoisotopic (exact) mass is 700 g/mol. The number of halogens is 4. The number of thioether (sulfide) groups is 1. The summed E-state index contributed by atoms with van der Waals surface area (Å²) in [5.74, 6) is -0.0807. The van der Waals surface area contributed by atoms with Gasteiger partial charge in [-0.2, -0.15) is 11.8 Å². The van der Waals surface area contributed by atoms with Crippen molar-refractivity contribution in [2.24, 2.45) is 0 Å². The number of aryl methyl sites for hydroxylation is 1. The fraction of sp³-hybridized carbons (Fsp3) is 0.233. The van der Waals surface area contributed by atoms with Crippen molar-refractivity contribution in [2.45, 2.75) is 38.6 Å². The Hall–Kier alpha value is -3.28. The highest BCUT2D eigenvalue weighted by molar-refractivity contribution is 7.97. The van der Waals surface area contributed by atoms with E-state index in [9.17, 15) is 24.6 Å². The van der Waals surface area contributed by atoms with Crippen molar-refractivity contribution in [2.75, 3.05) is 16.9 Å². The third-order valence-corrected chi connectivity index (χ3v) is 7.97. The number of carboxylic acid groups (broad SMARTS) is 2. The van der Waals surface area contributed by atoms with Crippen molar-refractivity contribution in [3.8, 4) is 0 Å². The lowest BCUT2D eigenvalue weighted by Crippen LogP contribution is -2.21. The number of rotatable bonds is 11. The number of nitrogens with one attached hydrogen (secondary N) is 2. The molecule has 4 N–H and O–H groups in total. The van der Waals surface area contributed by atoms with Gasteiger partial charge in [0.05, 0.1) is 27.0 Å². The number of carboxylic acids is 2. The third kappa shape index (κ3) is 8.89. The van der Waals surface area contributed by atoms with Crippen LogP contribution in [0.15, 0.2) is 57.4 Å². The van der Waals surface area contributed by atoms with Crippen LogP contribution in [0.5, 0.6) is 0 Å². The average molecular weight is 702 g/mol. The molecule has 9 nitrogen and oxygen atoms in total. The first-order valence-electron chi connectivity index (χ1n) is 12.8. The predicted octanol–water partition coefficient (Wildman–Crippen LogP) is 9.33. The van der Waals surface area contributed by atoms with E-state index in [4.69, 9.17) is 55.2 Å². The fourth-order valence-corrected chi connectivity index (χ4v) is 5.63. The molecule has 2 unspecified atom stereocenters. The lowest BCUT2D eigenvalue weighted by atomic mass is 10.0. The van der Waals surface area contributed by atoms with Crippen molar-refractivity contribution in [3.05, 3.63) is 103 Å². The van der Waals surface area contributed by atoms with E-state index in [1.54, 1.807) is 74.1 Å². The van der Waals surface area contributed by atoms with E-state index < -0.39 is 24.0 Å². The maximum absolute atomic E-state index is 11.7. The molecule has 2 atom stereocenters. The Bertz CT molecular complexity index is 1650. The van der Waals surface area contributed by atoms with Crippen LogP contribution in [0.4, 0.5) is 11.4 Å². The Morgan fingerprint density at radius 3 is 2.07 bits per heavy atom. The number of carbonyl (C=O) groups is 3. The highest BCUT2D eigenvalue weighted by atomic mass is 35.5. The van der Waals surface area contributed by atoms with E-state index in [2.05, 4.69) is 10.6 Å². The molecule has 2 heterocycles. The molecule has 44 heavy (non-hydrogen) atoms. The standard InChI is InChI=1S/C16H15Cl2NO4.C14H13Cl2NO3S/c1-7-12(8(2)20)9(3)23-15(7)14(16(21)22)19-11-6-4-5-10(17)13(11)18;1-21-7-11-2-3-12(20-11)13(14(18)19)17-10-5-8(15)4-9(16)6-10/h4-6,14,19H,1-3H3,(H,21,22);2-6,13,17H,7H2,1H3,(H,18,19). The Morgan fingerprint density at radius 2 is 1.52 bits per heavy atom. The van der Waals surface area contributed by atoms with Crippen molar-refractivity contribution in [1.29, 1.82) is 0 Å². The molecule has 0 radical (unpaired) electrons. The van der Waals surface area contributed by atoms with E-state index in [0.29, 0.717) is 54.8 Å². The molecule has 0 spiro atoms. The van der Waals surface area contributed by atoms with Gasteiger partial charge in [0.25, 0.3) is 0 Å². The van der Waals surface area contributed by atoms with Crippen molar-refractivity contribution in [3.63, 3.8) is 0 Å². The zero-order chi connectivity index (χ0) is 32.7. The van der Waals surface area contributed by atoms with E-state index in [-0.39, 0.29) is 16.6 Å². The molecule has 0 aliphatic carbocycles. The van der Waals surface area contributed by atoms with Gasteiger partial charge in [-0.25, -0.2) is 9.59 Å². The lowest BCUT2D eigenvalue weighted by Gasteiger charge is -2.16. The second kappa shape index (κ2) is 15.6. The summed E-state index contributed by atoms with van der Waals surface area (Å²) in [4.78, 5) is 34.8. The number of furan rings is 2. The van der Waals surface area contributed by atoms with Crippen LogP contribution in [0.1, 0.15) is 58.0 Å². The number of hydrogen-bond acceptors (Lipinski definition) is 8. The molecule has 0 saturated carbocycles. The Morgan fingerprint density at radius 1 is 0.886 bits per heavy atom. The van der Waals surface area contributed by atoms with Gasteiger partial charge < -0.3 is 29.7 Å². The van der Waals surface area contributed by atoms with Gasteiger partial charge in [0.2, 0.25) is 0 Å². The quantitative estimate of drug-likeness (QED) is 0.112. The summed E-state index contributed by atoms with van der Waals surface area (Å²) in [6.07, 6.45) is 1.95. The first kappa shape index (κ1) is 35.2. The second-order valence-corrected chi connectivity index (χ2v) is 11.9. The van der Waals surface area contributed by atoms with E-state index in [0.717, 1.165) is 5.76 Å². The molecule has 234 valence electrons. The molecule has 0 saturated heterocycles. The summed E-state index contributed by atoms with van der Waals surface area (Å²) < 4.78 is 11.1. The minimum atomic E-state index is -1.20. The molecule has 2 aromatic heterocycles. The smallest absolute Gasteiger partial charge is 0.334 e. The normalized spacial score (nSPS) is 12.1. The minimum Gasteiger partial charge on any atom is -0.479 e. The minimum absolute atomic E-state index is 0.163. The number of hydrogen-bond donors (Lipinski definition) is 4. The van der Waals surface area contributed by atoms with Gasteiger partial charge in [0, 0.05) is 21.3 Å². The lowest BCUT2D eigenvalue weighted by molar-refractivity contribution is -0.139. The van der Waals surface area contributed by atoms with Gasteiger partial charge in [-0.1, -0.05) is 52.5 Å². The summed E-state index contributed by atoms with van der Waals surface area (Å²) in [6.45, 7) is 4.68. The van der Waals surface area contributed by atoms with Crippen LogP contribution in [-0.4, -0.2) is 34.2 Å². The number of ketones is 1. The van der Waals surface area contributed by atoms with Crippen LogP contribution >= 0.6 is 58.2 Å². The number of benzene rings is 2. The summed E-state index contributed by atoms with van der Waals surface area (Å²) in [7, 11) is 0. The average Bonchev–Trinajstić information content (AvgIpc) is 3.51. The molecule has 0 bridgehead atoms. The van der Waals surface area contributed by atoms with Gasteiger partial charge in [0.15, 0.2) is 17.9 Å². The molecule has 2 aromatic carbocycles.